The number of benzene rings is 2. The maximum atomic E-state index is 12.2. The van der Waals surface area contributed by atoms with Gasteiger partial charge in [0.1, 0.15) is 11.5 Å². The molecule has 0 radical (unpaired) electrons. The summed E-state index contributed by atoms with van der Waals surface area (Å²) in [4.78, 5) is 12.2. The highest BCUT2D eigenvalue weighted by Crippen LogP contribution is 2.60. The Hall–Kier alpha value is -2.23. The van der Waals surface area contributed by atoms with E-state index in [0.29, 0.717) is 23.3 Å². The Morgan fingerprint density at radius 3 is 2.60 bits per heavy atom. The summed E-state index contributed by atoms with van der Waals surface area (Å²) in [6, 6.07) is 5.99. The highest BCUT2D eigenvalue weighted by Gasteiger charge is 2.42. The van der Waals surface area contributed by atoms with E-state index in [-0.39, 0.29) is 6.10 Å². The molecule has 2 aliphatic carbocycles. The summed E-state index contributed by atoms with van der Waals surface area (Å²) in [6.45, 7) is 5.69. The lowest BCUT2D eigenvalue weighted by atomic mass is 9.87. The van der Waals surface area contributed by atoms with Gasteiger partial charge in [-0.15, -0.1) is 0 Å². The van der Waals surface area contributed by atoms with E-state index in [4.69, 9.17) is 9.47 Å². The van der Waals surface area contributed by atoms with Crippen LogP contribution in [-0.2, 0) is 11.2 Å². The molecular weight excluding hydrogens is 316 g/mol. The molecule has 2 unspecified atom stereocenters. The van der Waals surface area contributed by atoms with Crippen molar-refractivity contribution >= 4 is 16.9 Å². The van der Waals surface area contributed by atoms with Gasteiger partial charge in [0, 0.05) is 21.9 Å². The smallest absolute Gasteiger partial charge is 0.507 e. The van der Waals surface area contributed by atoms with Gasteiger partial charge in [0.2, 0.25) is 0 Å². The highest BCUT2D eigenvalue weighted by molar-refractivity contribution is 5.98. The number of fused-ring (bicyclic) bond motifs is 6. The monoisotopic (exact) mass is 340 g/mol. The number of phenols is 1. The van der Waals surface area contributed by atoms with Crippen LogP contribution in [0, 0.1) is 0 Å². The van der Waals surface area contributed by atoms with E-state index in [2.05, 4.69) is 6.92 Å². The quantitative estimate of drug-likeness (QED) is 0.601. The van der Waals surface area contributed by atoms with Crippen molar-refractivity contribution in [2.24, 2.45) is 0 Å². The van der Waals surface area contributed by atoms with Gasteiger partial charge >= 0.3 is 6.16 Å². The Labute approximate surface area is 147 Å². The van der Waals surface area contributed by atoms with Crippen LogP contribution in [-0.4, -0.2) is 17.4 Å². The van der Waals surface area contributed by atoms with Crippen LogP contribution >= 0.6 is 0 Å². The third-order valence-electron chi connectivity index (χ3n) is 5.55. The maximum absolute atomic E-state index is 12.2. The minimum atomic E-state index is -0.672. The van der Waals surface area contributed by atoms with Crippen LogP contribution in [0.4, 0.5) is 4.79 Å². The van der Waals surface area contributed by atoms with E-state index in [0.717, 1.165) is 53.1 Å². The lowest BCUT2D eigenvalue weighted by Crippen LogP contribution is -2.17. The molecule has 1 saturated carbocycles. The number of aromatic hydroxyl groups is 1. The zero-order chi connectivity index (χ0) is 17.7. The van der Waals surface area contributed by atoms with Crippen molar-refractivity contribution in [2.45, 2.75) is 64.4 Å². The Balaban J connectivity index is 1.93. The van der Waals surface area contributed by atoms with Crippen molar-refractivity contribution in [3.63, 3.8) is 0 Å². The Morgan fingerprint density at radius 1 is 1.20 bits per heavy atom. The van der Waals surface area contributed by atoms with Crippen molar-refractivity contribution < 1.29 is 19.4 Å². The summed E-state index contributed by atoms with van der Waals surface area (Å²) >= 11 is 0. The van der Waals surface area contributed by atoms with Gasteiger partial charge in [0.05, 0.1) is 6.10 Å². The molecule has 2 bridgehead atoms. The first-order valence-corrected chi connectivity index (χ1v) is 9.19. The lowest BCUT2D eigenvalue weighted by Gasteiger charge is -2.22. The second kappa shape index (κ2) is 5.94. The molecule has 0 aliphatic heterocycles. The van der Waals surface area contributed by atoms with Gasteiger partial charge in [0.15, 0.2) is 0 Å². The number of carbonyl (C=O) groups is 1. The lowest BCUT2D eigenvalue weighted by molar-refractivity contribution is 0.0729. The largest absolute Gasteiger partial charge is 0.514 e. The minimum Gasteiger partial charge on any atom is -0.507 e. The maximum Gasteiger partial charge on any atom is 0.514 e. The summed E-state index contributed by atoms with van der Waals surface area (Å²) < 4.78 is 10.9. The van der Waals surface area contributed by atoms with E-state index in [9.17, 15) is 9.90 Å². The molecule has 25 heavy (non-hydrogen) atoms. The van der Waals surface area contributed by atoms with Crippen LogP contribution in [0.3, 0.4) is 0 Å². The van der Waals surface area contributed by atoms with E-state index in [1.54, 1.807) is 13.8 Å². The molecule has 0 amide bonds. The number of hydrogen-bond acceptors (Lipinski definition) is 4. The summed E-state index contributed by atoms with van der Waals surface area (Å²) in [5, 5.41) is 12.5. The van der Waals surface area contributed by atoms with Gasteiger partial charge in [-0.1, -0.05) is 19.1 Å². The van der Waals surface area contributed by atoms with Gasteiger partial charge < -0.3 is 14.6 Å². The van der Waals surface area contributed by atoms with Crippen LogP contribution < -0.4 is 4.74 Å². The van der Waals surface area contributed by atoms with Gasteiger partial charge in [-0.2, -0.15) is 0 Å². The molecule has 4 nitrogen and oxygen atoms in total. The molecule has 4 rings (SSSR count). The second-order valence-corrected chi connectivity index (χ2v) is 7.46. The molecule has 0 saturated heterocycles. The molecule has 2 aromatic carbocycles. The molecule has 4 heteroatoms. The minimum absolute atomic E-state index is 0.230. The molecule has 0 spiro atoms. The third kappa shape index (κ3) is 2.55. The second-order valence-electron chi connectivity index (χ2n) is 7.46. The number of ether oxygens (including phenoxy) is 2. The zero-order valence-corrected chi connectivity index (χ0v) is 15.0. The fraction of sp³-hybridized carbons (Fsp3) is 0.476. The fourth-order valence-electron chi connectivity index (χ4n) is 4.48. The first-order valence-electron chi connectivity index (χ1n) is 9.19. The third-order valence-corrected chi connectivity index (χ3v) is 5.55. The number of rotatable bonds is 3. The van der Waals surface area contributed by atoms with Crippen molar-refractivity contribution in [3.05, 3.63) is 34.9 Å². The average Bonchev–Trinajstić information content (AvgIpc) is 3.19. The number of phenolic OH excluding ortho intramolecular Hbond substituents is 1. The predicted molar refractivity (Wildman–Crippen MR) is 96.6 cm³/mol. The fourth-order valence-corrected chi connectivity index (χ4v) is 4.48. The van der Waals surface area contributed by atoms with Crippen molar-refractivity contribution in [1.82, 2.24) is 0 Å². The van der Waals surface area contributed by atoms with Gasteiger partial charge in [0.25, 0.3) is 0 Å². The van der Waals surface area contributed by atoms with E-state index >= 15 is 0 Å². The Morgan fingerprint density at radius 2 is 1.92 bits per heavy atom. The van der Waals surface area contributed by atoms with Crippen molar-refractivity contribution in [1.29, 1.82) is 0 Å². The molecule has 1 fully saturated rings. The number of hydrogen-bond donors (Lipinski definition) is 1. The SMILES string of the molecule is CCc1ccc2c(O)c3c(c(OC(=O)OC(C)C)c2c1)C1CCC3C1. The highest BCUT2D eigenvalue weighted by atomic mass is 16.7. The van der Waals surface area contributed by atoms with Crippen molar-refractivity contribution in [2.75, 3.05) is 0 Å². The van der Waals surface area contributed by atoms with Gasteiger partial charge in [-0.3, -0.25) is 0 Å². The molecule has 0 heterocycles. The zero-order valence-electron chi connectivity index (χ0n) is 15.0. The van der Waals surface area contributed by atoms with Crippen LogP contribution in [0.15, 0.2) is 18.2 Å². The summed E-state index contributed by atoms with van der Waals surface area (Å²) in [5.74, 6) is 1.70. The van der Waals surface area contributed by atoms with Crippen LogP contribution in [0.1, 0.15) is 68.6 Å². The summed E-state index contributed by atoms with van der Waals surface area (Å²) in [6.07, 6.45) is 3.21. The van der Waals surface area contributed by atoms with E-state index in [1.165, 1.54) is 0 Å². The normalized spacial score (nSPS) is 21.0. The first kappa shape index (κ1) is 16.2. The summed E-state index contributed by atoms with van der Waals surface area (Å²) in [5.41, 5.74) is 3.16. The molecule has 2 aliphatic rings. The van der Waals surface area contributed by atoms with Crippen molar-refractivity contribution in [3.8, 4) is 11.5 Å². The number of aryl methyl sites for hydroxylation is 1. The predicted octanol–water partition coefficient (Wildman–Crippen LogP) is 5.40. The molecule has 1 N–H and O–H groups in total. The Bertz CT molecular complexity index is 853. The topological polar surface area (TPSA) is 55.8 Å². The summed E-state index contributed by atoms with van der Waals surface area (Å²) in [7, 11) is 0. The molecule has 0 aromatic heterocycles. The molecule has 132 valence electrons. The van der Waals surface area contributed by atoms with Gasteiger partial charge in [-0.25, -0.2) is 4.79 Å². The van der Waals surface area contributed by atoms with Crippen LogP contribution in [0.2, 0.25) is 0 Å². The first-order chi connectivity index (χ1) is 12.0. The standard InChI is InChI=1S/C21H24O4/c1-4-12-5-8-15-16(9-12)20(25-21(23)24-11(2)3)18-14-7-6-13(10-14)17(18)19(15)22/h5,8-9,11,13-14,22H,4,6-7,10H2,1-3H3. The van der Waals surface area contributed by atoms with E-state index < -0.39 is 6.16 Å². The molecule has 2 aromatic rings. The molecular formula is C21H24O4. The average molecular weight is 340 g/mol. The van der Waals surface area contributed by atoms with Crippen LogP contribution in [0.5, 0.6) is 11.5 Å². The van der Waals surface area contributed by atoms with E-state index in [1.807, 2.05) is 18.2 Å². The van der Waals surface area contributed by atoms with Gasteiger partial charge in [-0.05, 0) is 63.0 Å². The Kier molecular flexibility index (Phi) is 3.86. The number of carbonyl (C=O) groups excluding carboxylic acids is 1. The molecule has 2 atom stereocenters. The van der Waals surface area contributed by atoms with Crippen LogP contribution in [0.25, 0.3) is 10.8 Å².